The van der Waals surface area contributed by atoms with E-state index in [1.807, 2.05) is 61.5 Å². The lowest BCUT2D eigenvalue weighted by Crippen LogP contribution is -2.53. The summed E-state index contributed by atoms with van der Waals surface area (Å²) < 4.78 is 49.3. The fourth-order valence-corrected chi connectivity index (χ4v) is 6.68. The predicted molar refractivity (Wildman–Crippen MR) is 176 cm³/mol. The first-order valence-corrected chi connectivity index (χ1v) is 16.7. The molecular formula is C34H35BrFN3O5S. The maximum atomic E-state index is 14.4. The van der Waals surface area contributed by atoms with Crippen LogP contribution in [-0.2, 0) is 32.6 Å². The molecule has 4 aromatic carbocycles. The third kappa shape index (κ3) is 8.92. The molecule has 11 heteroatoms. The molecule has 2 amide bonds. The number of nitrogens with one attached hydrogen (secondary N) is 1. The molecule has 0 saturated carbocycles. The number of benzene rings is 4. The Morgan fingerprint density at radius 1 is 0.889 bits per heavy atom. The van der Waals surface area contributed by atoms with Crippen molar-refractivity contribution in [3.05, 3.63) is 125 Å². The van der Waals surface area contributed by atoms with E-state index in [0.717, 1.165) is 32.0 Å². The van der Waals surface area contributed by atoms with Crippen molar-refractivity contribution in [3.63, 3.8) is 0 Å². The van der Waals surface area contributed by atoms with Crippen molar-refractivity contribution in [2.45, 2.75) is 37.8 Å². The quantitative estimate of drug-likeness (QED) is 0.176. The van der Waals surface area contributed by atoms with E-state index in [1.165, 1.54) is 41.3 Å². The largest absolute Gasteiger partial charge is 0.494 e. The number of anilines is 1. The number of ether oxygens (including phenoxy) is 1. The van der Waals surface area contributed by atoms with Crippen LogP contribution in [0, 0.1) is 5.82 Å². The van der Waals surface area contributed by atoms with Gasteiger partial charge in [0.25, 0.3) is 10.0 Å². The average molecular weight is 697 g/mol. The number of carbonyl (C=O) groups is 2. The highest BCUT2D eigenvalue weighted by Gasteiger charge is 2.34. The van der Waals surface area contributed by atoms with Gasteiger partial charge in [0.15, 0.2) is 0 Å². The van der Waals surface area contributed by atoms with Crippen molar-refractivity contribution < 1.29 is 27.1 Å². The molecule has 0 spiro atoms. The molecule has 1 N–H and O–H groups in total. The van der Waals surface area contributed by atoms with E-state index in [-0.39, 0.29) is 29.5 Å². The van der Waals surface area contributed by atoms with E-state index in [0.29, 0.717) is 18.9 Å². The molecule has 0 fully saturated rings. The average Bonchev–Trinajstić information content (AvgIpc) is 3.03. The third-order valence-electron chi connectivity index (χ3n) is 6.98. The minimum Gasteiger partial charge on any atom is -0.494 e. The summed E-state index contributed by atoms with van der Waals surface area (Å²) in [7, 11) is -4.32. The van der Waals surface area contributed by atoms with Gasteiger partial charge in [-0.05, 0) is 85.6 Å². The minimum atomic E-state index is -4.32. The van der Waals surface area contributed by atoms with Gasteiger partial charge in [0, 0.05) is 24.0 Å². The molecule has 1 atom stereocenters. The summed E-state index contributed by atoms with van der Waals surface area (Å²) >= 11 is 3.47. The van der Waals surface area contributed by atoms with Gasteiger partial charge in [0.1, 0.15) is 24.2 Å². The second kappa shape index (κ2) is 15.7. The Morgan fingerprint density at radius 3 is 2.18 bits per heavy atom. The highest BCUT2D eigenvalue weighted by atomic mass is 79.9. The number of hydrogen-bond donors (Lipinski definition) is 1. The molecule has 0 aliphatic rings. The van der Waals surface area contributed by atoms with Crippen molar-refractivity contribution in [3.8, 4) is 5.75 Å². The molecule has 4 rings (SSSR count). The fraction of sp³-hybridized carbons (Fsp3) is 0.235. The normalized spacial score (nSPS) is 11.8. The van der Waals surface area contributed by atoms with Gasteiger partial charge in [-0.25, -0.2) is 12.8 Å². The molecule has 0 aromatic heterocycles. The summed E-state index contributed by atoms with van der Waals surface area (Å²) in [4.78, 5) is 29.3. The zero-order chi connectivity index (χ0) is 32.4. The SMILES string of the molecule is CCNC(=O)[C@@H](Cc1ccccc1)N(Cc1cccc(Br)c1)C(=O)CN(c1ccc(F)cc1)S(=O)(=O)c1ccc(OCC)cc1. The fourth-order valence-electron chi connectivity index (χ4n) is 4.82. The minimum absolute atomic E-state index is 0.0350. The van der Waals surface area contributed by atoms with Gasteiger partial charge in [-0.1, -0.05) is 58.4 Å². The Kier molecular flexibility index (Phi) is 11.7. The first-order chi connectivity index (χ1) is 21.6. The summed E-state index contributed by atoms with van der Waals surface area (Å²) in [5.74, 6) is -1.04. The number of halogens is 2. The van der Waals surface area contributed by atoms with Crippen LogP contribution in [0.2, 0.25) is 0 Å². The Hall–Kier alpha value is -4.22. The Morgan fingerprint density at radius 2 is 1.56 bits per heavy atom. The van der Waals surface area contributed by atoms with Crippen LogP contribution in [0.1, 0.15) is 25.0 Å². The summed E-state index contributed by atoms with van der Waals surface area (Å²) in [5.41, 5.74) is 1.67. The monoisotopic (exact) mass is 695 g/mol. The number of nitrogens with zero attached hydrogens (tertiary/aromatic N) is 2. The summed E-state index contributed by atoms with van der Waals surface area (Å²) in [6, 6.07) is 26.4. The van der Waals surface area contributed by atoms with Crippen LogP contribution in [0.4, 0.5) is 10.1 Å². The smallest absolute Gasteiger partial charge is 0.264 e. The van der Waals surface area contributed by atoms with Gasteiger partial charge >= 0.3 is 0 Å². The predicted octanol–water partition coefficient (Wildman–Crippen LogP) is 5.96. The number of amides is 2. The van der Waals surface area contributed by atoms with Gasteiger partial charge in [0.05, 0.1) is 17.2 Å². The summed E-state index contributed by atoms with van der Waals surface area (Å²) in [5, 5.41) is 2.83. The van der Waals surface area contributed by atoms with Crippen molar-refractivity contribution >= 4 is 43.5 Å². The van der Waals surface area contributed by atoms with Crippen LogP contribution in [0.25, 0.3) is 0 Å². The molecule has 0 saturated heterocycles. The third-order valence-corrected chi connectivity index (χ3v) is 9.26. The highest BCUT2D eigenvalue weighted by molar-refractivity contribution is 9.10. The van der Waals surface area contributed by atoms with E-state index in [4.69, 9.17) is 4.74 Å². The molecule has 8 nitrogen and oxygen atoms in total. The lowest BCUT2D eigenvalue weighted by molar-refractivity contribution is -0.140. The molecular weight excluding hydrogens is 661 g/mol. The van der Waals surface area contributed by atoms with Crippen LogP contribution >= 0.6 is 15.9 Å². The van der Waals surface area contributed by atoms with Crippen LogP contribution in [-0.4, -0.2) is 50.9 Å². The van der Waals surface area contributed by atoms with E-state index in [2.05, 4.69) is 21.2 Å². The van der Waals surface area contributed by atoms with E-state index < -0.39 is 34.3 Å². The van der Waals surface area contributed by atoms with Gasteiger partial charge in [-0.3, -0.25) is 13.9 Å². The number of rotatable bonds is 14. The standard InChI is InChI=1S/C34H35BrFN3O5S/c1-3-37-34(41)32(22-25-9-6-5-7-10-25)38(23-26-11-8-12-27(35)21-26)33(40)24-39(29-15-13-28(36)14-16-29)45(42,43)31-19-17-30(18-20-31)44-4-2/h5-21,32H,3-4,22-24H2,1-2H3,(H,37,41)/t32-/m1/s1. The van der Waals surface area contributed by atoms with Crippen molar-refractivity contribution in [2.24, 2.45) is 0 Å². The van der Waals surface area contributed by atoms with E-state index in [1.54, 1.807) is 6.92 Å². The Labute approximate surface area is 272 Å². The number of carbonyl (C=O) groups excluding carboxylic acids is 2. The number of likely N-dealkylation sites (N-methyl/N-ethyl adjacent to an activating group) is 1. The zero-order valence-electron chi connectivity index (χ0n) is 25.0. The van der Waals surface area contributed by atoms with Crippen LogP contribution in [0.3, 0.4) is 0 Å². The molecule has 0 bridgehead atoms. The van der Waals surface area contributed by atoms with Crippen LogP contribution in [0.5, 0.6) is 5.75 Å². The molecule has 45 heavy (non-hydrogen) atoms. The first kappa shape index (κ1) is 33.7. The van der Waals surface area contributed by atoms with E-state index in [9.17, 15) is 22.4 Å². The van der Waals surface area contributed by atoms with Crippen LogP contribution < -0.4 is 14.4 Å². The second-order valence-electron chi connectivity index (χ2n) is 10.1. The Bertz CT molecular complexity index is 1690. The molecule has 0 unspecified atom stereocenters. The lowest BCUT2D eigenvalue weighted by atomic mass is 10.0. The molecule has 0 heterocycles. The van der Waals surface area contributed by atoms with Crippen molar-refractivity contribution in [1.29, 1.82) is 0 Å². The number of hydrogen-bond acceptors (Lipinski definition) is 5. The number of sulfonamides is 1. The molecule has 4 aromatic rings. The molecule has 0 aliphatic heterocycles. The van der Waals surface area contributed by atoms with Gasteiger partial charge < -0.3 is 15.0 Å². The highest BCUT2D eigenvalue weighted by Crippen LogP contribution is 2.27. The van der Waals surface area contributed by atoms with Crippen LogP contribution in [0.15, 0.2) is 112 Å². The Balaban J connectivity index is 1.78. The van der Waals surface area contributed by atoms with Gasteiger partial charge in [-0.15, -0.1) is 0 Å². The van der Waals surface area contributed by atoms with E-state index >= 15 is 0 Å². The van der Waals surface area contributed by atoms with Crippen molar-refractivity contribution in [1.82, 2.24) is 10.2 Å². The second-order valence-corrected chi connectivity index (χ2v) is 12.9. The first-order valence-electron chi connectivity index (χ1n) is 14.5. The van der Waals surface area contributed by atoms with Crippen molar-refractivity contribution in [2.75, 3.05) is 24.0 Å². The zero-order valence-corrected chi connectivity index (χ0v) is 27.4. The van der Waals surface area contributed by atoms with Gasteiger partial charge in [-0.2, -0.15) is 0 Å². The maximum Gasteiger partial charge on any atom is 0.264 e. The summed E-state index contributed by atoms with van der Waals surface area (Å²) in [6.45, 7) is 3.76. The topological polar surface area (TPSA) is 96.0 Å². The van der Waals surface area contributed by atoms with Gasteiger partial charge in [0.2, 0.25) is 11.8 Å². The lowest BCUT2D eigenvalue weighted by Gasteiger charge is -2.34. The molecule has 0 aliphatic carbocycles. The molecule has 0 radical (unpaired) electrons. The maximum absolute atomic E-state index is 14.4. The molecule has 236 valence electrons. The summed E-state index contributed by atoms with van der Waals surface area (Å²) in [6.07, 6.45) is 0.203.